The summed E-state index contributed by atoms with van der Waals surface area (Å²) in [6.07, 6.45) is 0.592. The number of hydrogen-bond acceptors (Lipinski definition) is 5. The van der Waals surface area contributed by atoms with Gasteiger partial charge in [0.1, 0.15) is 0 Å². The zero-order valence-electron chi connectivity index (χ0n) is 15.3. The molecule has 0 aliphatic carbocycles. The lowest BCUT2D eigenvalue weighted by Crippen LogP contribution is -2.48. The molecule has 0 saturated carbocycles. The molecule has 24 heavy (non-hydrogen) atoms. The molecule has 1 aromatic rings. The van der Waals surface area contributed by atoms with Gasteiger partial charge >= 0.3 is 0 Å². The fraction of sp³-hybridized carbons (Fsp3) is 0.733. The lowest BCUT2D eigenvalue weighted by atomic mass is 10.1. The molecule has 0 radical (unpaired) electrons. The lowest BCUT2D eigenvalue weighted by Gasteiger charge is -2.21. The third kappa shape index (κ3) is 9.04. The van der Waals surface area contributed by atoms with Gasteiger partial charge in [0.05, 0.1) is 6.54 Å². The van der Waals surface area contributed by atoms with Gasteiger partial charge in [0.2, 0.25) is 11.8 Å². The highest BCUT2D eigenvalue weighted by Crippen LogP contribution is 2.09. The number of hydrogen-bond donors (Lipinski definition) is 3. The summed E-state index contributed by atoms with van der Waals surface area (Å²) in [5, 5.41) is 12.9. The van der Waals surface area contributed by atoms with Crippen molar-refractivity contribution in [2.24, 2.45) is 4.99 Å². The number of guanidine groups is 1. The number of amides is 1. The third-order valence-corrected chi connectivity index (χ3v) is 2.79. The van der Waals surface area contributed by atoms with Gasteiger partial charge in [-0.3, -0.25) is 9.79 Å². The Hall–Kier alpha value is -1.39. The SMILES string of the molecule is CN=C(NCCc1nc(C(C)C)no1)NCC(=O)NC(C)(C)C.I. The van der Waals surface area contributed by atoms with Crippen molar-refractivity contribution in [1.29, 1.82) is 0 Å². The van der Waals surface area contributed by atoms with Gasteiger partial charge < -0.3 is 20.5 Å². The number of carbonyl (C=O) groups excluding carboxylic acids is 1. The number of aliphatic imine (C=N–C) groups is 1. The fourth-order valence-electron chi connectivity index (χ4n) is 1.74. The number of halogens is 1. The maximum absolute atomic E-state index is 11.8. The Balaban J connectivity index is 0.00000529. The van der Waals surface area contributed by atoms with Gasteiger partial charge in [0.15, 0.2) is 11.8 Å². The van der Waals surface area contributed by atoms with Crippen molar-refractivity contribution in [3.63, 3.8) is 0 Å². The monoisotopic (exact) mass is 452 g/mol. The number of carbonyl (C=O) groups is 1. The highest BCUT2D eigenvalue weighted by Gasteiger charge is 2.14. The van der Waals surface area contributed by atoms with Crippen LogP contribution in [-0.4, -0.2) is 47.7 Å². The largest absolute Gasteiger partial charge is 0.356 e. The quantitative estimate of drug-likeness (QED) is 0.343. The van der Waals surface area contributed by atoms with E-state index in [1.165, 1.54) is 0 Å². The van der Waals surface area contributed by atoms with Crippen molar-refractivity contribution in [2.75, 3.05) is 20.1 Å². The molecule has 0 aliphatic rings. The summed E-state index contributed by atoms with van der Waals surface area (Å²) < 4.78 is 5.17. The van der Waals surface area contributed by atoms with Crippen molar-refractivity contribution in [1.82, 2.24) is 26.1 Å². The van der Waals surface area contributed by atoms with Crippen LogP contribution in [0.2, 0.25) is 0 Å². The fourth-order valence-corrected chi connectivity index (χ4v) is 1.74. The van der Waals surface area contributed by atoms with Crippen molar-refractivity contribution in [3.8, 4) is 0 Å². The van der Waals surface area contributed by atoms with Gasteiger partial charge in [-0.2, -0.15) is 4.98 Å². The molecular weight excluding hydrogens is 423 g/mol. The molecule has 0 fully saturated rings. The van der Waals surface area contributed by atoms with Gasteiger partial charge in [-0.15, -0.1) is 24.0 Å². The molecule has 0 spiro atoms. The Labute approximate surface area is 160 Å². The van der Waals surface area contributed by atoms with E-state index in [1.54, 1.807) is 7.05 Å². The Morgan fingerprint density at radius 2 is 1.96 bits per heavy atom. The summed E-state index contributed by atoms with van der Waals surface area (Å²) >= 11 is 0. The first-order chi connectivity index (χ1) is 10.7. The average Bonchev–Trinajstić information content (AvgIpc) is 2.89. The molecule has 3 N–H and O–H groups in total. The minimum atomic E-state index is -0.248. The van der Waals surface area contributed by atoms with Crippen LogP contribution in [0.4, 0.5) is 0 Å². The molecule has 9 heteroatoms. The molecule has 0 atom stereocenters. The molecule has 0 bridgehead atoms. The Bertz CT molecular complexity index is 536. The number of aromatic nitrogens is 2. The summed E-state index contributed by atoms with van der Waals surface area (Å²) in [5.74, 6) is 2.01. The summed E-state index contributed by atoms with van der Waals surface area (Å²) in [5.41, 5.74) is -0.248. The van der Waals surface area contributed by atoms with Gasteiger partial charge in [0, 0.05) is 31.5 Å². The maximum Gasteiger partial charge on any atom is 0.239 e. The van der Waals surface area contributed by atoms with E-state index in [0.29, 0.717) is 30.6 Å². The Morgan fingerprint density at radius 1 is 1.29 bits per heavy atom. The van der Waals surface area contributed by atoms with Crippen LogP contribution in [0, 0.1) is 0 Å². The van der Waals surface area contributed by atoms with E-state index in [9.17, 15) is 4.79 Å². The van der Waals surface area contributed by atoms with Crippen molar-refractivity contribution >= 4 is 35.8 Å². The molecule has 138 valence electrons. The molecule has 1 amide bonds. The Kier molecular flexibility index (Phi) is 9.86. The highest BCUT2D eigenvalue weighted by molar-refractivity contribution is 14.0. The average molecular weight is 452 g/mol. The van der Waals surface area contributed by atoms with Crippen LogP contribution >= 0.6 is 24.0 Å². The van der Waals surface area contributed by atoms with E-state index >= 15 is 0 Å². The molecule has 8 nitrogen and oxygen atoms in total. The molecule has 0 aromatic carbocycles. The second-order valence-electron chi connectivity index (χ2n) is 6.60. The standard InChI is InChI=1S/C15H28N6O2.HI/c1-10(2)13-19-12(23-21-13)7-8-17-14(16-6)18-9-11(22)20-15(3,4)5;/h10H,7-9H2,1-6H3,(H,20,22)(H2,16,17,18);1H. The normalized spacial score (nSPS) is 11.9. The minimum Gasteiger partial charge on any atom is -0.356 e. The molecule has 1 heterocycles. The Morgan fingerprint density at radius 3 is 2.46 bits per heavy atom. The minimum absolute atomic E-state index is 0. The van der Waals surface area contributed by atoms with Crippen molar-refractivity contribution < 1.29 is 9.32 Å². The topological polar surface area (TPSA) is 104 Å². The number of rotatable bonds is 6. The van der Waals surface area contributed by atoms with Crippen LogP contribution in [0.25, 0.3) is 0 Å². The van der Waals surface area contributed by atoms with E-state index in [1.807, 2.05) is 34.6 Å². The first kappa shape index (κ1) is 22.6. The predicted molar refractivity (Wildman–Crippen MR) is 105 cm³/mol. The molecule has 0 unspecified atom stereocenters. The molecule has 1 aromatic heterocycles. The zero-order chi connectivity index (χ0) is 17.5. The summed E-state index contributed by atoms with van der Waals surface area (Å²) in [7, 11) is 1.65. The smallest absolute Gasteiger partial charge is 0.239 e. The highest BCUT2D eigenvalue weighted by atomic mass is 127. The van der Waals surface area contributed by atoms with Crippen molar-refractivity contribution in [3.05, 3.63) is 11.7 Å². The lowest BCUT2D eigenvalue weighted by molar-refractivity contribution is -0.121. The maximum atomic E-state index is 11.8. The van der Waals surface area contributed by atoms with Gasteiger partial charge in [0.25, 0.3) is 0 Å². The molecular formula is C15H29IN6O2. The molecule has 1 rings (SSSR count). The summed E-state index contributed by atoms with van der Waals surface area (Å²) in [6.45, 7) is 10.6. The first-order valence-electron chi connectivity index (χ1n) is 7.79. The first-order valence-corrected chi connectivity index (χ1v) is 7.79. The summed E-state index contributed by atoms with van der Waals surface area (Å²) in [4.78, 5) is 20.1. The number of nitrogens with zero attached hydrogens (tertiary/aromatic N) is 3. The zero-order valence-corrected chi connectivity index (χ0v) is 17.6. The van der Waals surface area contributed by atoms with Crippen LogP contribution in [-0.2, 0) is 11.2 Å². The molecule has 0 aliphatic heterocycles. The van der Waals surface area contributed by atoms with E-state index in [-0.39, 0.29) is 47.9 Å². The third-order valence-electron chi connectivity index (χ3n) is 2.79. The van der Waals surface area contributed by atoms with E-state index < -0.39 is 0 Å². The van der Waals surface area contributed by atoms with Crippen LogP contribution in [0.1, 0.15) is 52.3 Å². The predicted octanol–water partition coefficient (Wildman–Crippen LogP) is 1.43. The second-order valence-corrected chi connectivity index (χ2v) is 6.60. The van der Waals surface area contributed by atoms with E-state index in [0.717, 1.165) is 0 Å². The van der Waals surface area contributed by atoms with Crippen LogP contribution in [0.5, 0.6) is 0 Å². The van der Waals surface area contributed by atoms with Gasteiger partial charge in [-0.05, 0) is 20.8 Å². The van der Waals surface area contributed by atoms with E-state index in [4.69, 9.17) is 4.52 Å². The number of nitrogens with one attached hydrogen (secondary N) is 3. The van der Waals surface area contributed by atoms with Crippen molar-refractivity contribution in [2.45, 2.75) is 52.5 Å². The molecule has 0 saturated heterocycles. The van der Waals surface area contributed by atoms with E-state index in [2.05, 4.69) is 31.1 Å². The van der Waals surface area contributed by atoms with Crippen LogP contribution in [0.15, 0.2) is 9.52 Å². The van der Waals surface area contributed by atoms with Gasteiger partial charge in [-0.1, -0.05) is 19.0 Å². The summed E-state index contributed by atoms with van der Waals surface area (Å²) in [6, 6.07) is 0. The second kappa shape index (κ2) is 10.5. The van der Waals surface area contributed by atoms with Gasteiger partial charge in [-0.25, -0.2) is 0 Å². The van der Waals surface area contributed by atoms with Crippen LogP contribution < -0.4 is 16.0 Å². The van der Waals surface area contributed by atoms with Crippen LogP contribution in [0.3, 0.4) is 0 Å².